The monoisotopic (exact) mass is 234 g/mol. The van der Waals surface area contributed by atoms with Gasteiger partial charge in [0.2, 0.25) is 0 Å². The summed E-state index contributed by atoms with van der Waals surface area (Å²) in [5.74, 6) is 1.10. The molecule has 0 aromatic carbocycles. The van der Waals surface area contributed by atoms with Crippen molar-refractivity contribution in [1.29, 1.82) is 0 Å². The molecule has 0 radical (unpaired) electrons. The molecule has 0 aromatic rings. The molecule has 2 fully saturated rings. The lowest BCUT2D eigenvalue weighted by molar-refractivity contribution is -0.144. The zero-order chi connectivity index (χ0) is 12.2. The van der Waals surface area contributed by atoms with E-state index < -0.39 is 0 Å². The van der Waals surface area contributed by atoms with Crippen LogP contribution in [-0.4, -0.2) is 12.1 Å². The van der Waals surface area contributed by atoms with Crippen LogP contribution in [0.2, 0.25) is 0 Å². The molecule has 0 aromatic heterocycles. The molecule has 17 heavy (non-hydrogen) atoms. The molecular formula is C15H22O2. The van der Waals surface area contributed by atoms with E-state index in [0.29, 0.717) is 17.3 Å². The van der Waals surface area contributed by atoms with E-state index in [2.05, 4.69) is 19.9 Å². The summed E-state index contributed by atoms with van der Waals surface area (Å²) >= 11 is 0. The molecule has 1 heterocycles. The molecule has 2 heteroatoms. The van der Waals surface area contributed by atoms with E-state index in [0.717, 1.165) is 6.42 Å². The van der Waals surface area contributed by atoms with E-state index in [-0.39, 0.29) is 18.0 Å². The fourth-order valence-corrected chi connectivity index (χ4v) is 4.17. The summed E-state index contributed by atoms with van der Waals surface area (Å²) in [7, 11) is 0. The first-order valence-corrected chi connectivity index (χ1v) is 6.94. The maximum absolute atomic E-state index is 11.7. The Morgan fingerprint density at radius 1 is 1.41 bits per heavy atom. The topological polar surface area (TPSA) is 26.3 Å². The summed E-state index contributed by atoms with van der Waals surface area (Å²) in [6.45, 7) is 6.72. The van der Waals surface area contributed by atoms with Gasteiger partial charge in [-0.2, -0.15) is 0 Å². The minimum Gasteiger partial charge on any atom is -0.461 e. The van der Waals surface area contributed by atoms with Crippen molar-refractivity contribution in [2.45, 2.75) is 52.6 Å². The highest BCUT2D eigenvalue weighted by atomic mass is 16.6. The lowest BCUT2D eigenvalue weighted by atomic mass is 9.60. The number of hydrogen-bond acceptors (Lipinski definition) is 2. The summed E-state index contributed by atoms with van der Waals surface area (Å²) < 4.78 is 5.54. The Morgan fingerprint density at radius 2 is 2.18 bits per heavy atom. The maximum Gasteiger partial charge on any atom is 0.309 e. The molecule has 0 bridgehead atoms. The molecule has 1 aliphatic heterocycles. The van der Waals surface area contributed by atoms with Crippen molar-refractivity contribution in [3.05, 3.63) is 11.6 Å². The molecule has 0 amide bonds. The number of rotatable bonds is 0. The fraction of sp³-hybridized carbons (Fsp3) is 0.800. The molecule has 0 N–H and O–H groups in total. The Kier molecular flexibility index (Phi) is 2.39. The first-order chi connectivity index (χ1) is 8.01. The Balaban J connectivity index is 1.98. The van der Waals surface area contributed by atoms with Crippen molar-refractivity contribution in [2.24, 2.45) is 23.2 Å². The van der Waals surface area contributed by atoms with Crippen LogP contribution in [0.5, 0.6) is 0 Å². The SMILES string of the molecule is C[C@@H]1C(=O)O[C@@H]2C[C@@]3(C)CCC[C@H](C)C3=C[C@@H]12. The van der Waals surface area contributed by atoms with Crippen LogP contribution in [0.25, 0.3) is 0 Å². The Bertz CT molecular complexity index is 384. The normalized spacial score (nSPS) is 49.1. The number of carbonyl (C=O) groups excluding carboxylic acids is 1. The molecule has 2 aliphatic carbocycles. The summed E-state index contributed by atoms with van der Waals surface area (Å²) in [6, 6.07) is 0. The highest BCUT2D eigenvalue weighted by Gasteiger charge is 2.50. The molecule has 3 rings (SSSR count). The van der Waals surface area contributed by atoms with Crippen LogP contribution in [0, 0.1) is 23.2 Å². The summed E-state index contributed by atoms with van der Waals surface area (Å²) in [6.07, 6.45) is 7.48. The smallest absolute Gasteiger partial charge is 0.309 e. The second-order valence-electron chi connectivity index (χ2n) is 6.52. The second kappa shape index (κ2) is 3.60. The standard InChI is InChI=1S/C15H22O2/c1-9-5-4-6-15(3)8-13-11(7-12(9)15)10(2)14(16)17-13/h7,9-11,13H,4-6,8H2,1-3H3/t9-,10-,11-,13+,15+/m0/s1. The van der Waals surface area contributed by atoms with Gasteiger partial charge < -0.3 is 4.74 Å². The van der Waals surface area contributed by atoms with Gasteiger partial charge in [0.05, 0.1) is 5.92 Å². The molecule has 2 nitrogen and oxygen atoms in total. The first-order valence-electron chi connectivity index (χ1n) is 6.94. The van der Waals surface area contributed by atoms with E-state index in [1.807, 2.05) is 6.92 Å². The van der Waals surface area contributed by atoms with Crippen molar-refractivity contribution in [3.8, 4) is 0 Å². The summed E-state index contributed by atoms with van der Waals surface area (Å²) in [5, 5.41) is 0. The van der Waals surface area contributed by atoms with Crippen molar-refractivity contribution in [3.63, 3.8) is 0 Å². The van der Waals surface area contributed by atoms with Gasteiger partial charge in [0.1, 0.15) is 6.10 Å². The molecular weight excluding hydrogens is 212 g/mol. The first kappa shape index (κ1) is 11.3. The van der Waals surface area contributed by atoms with Crippen molar-refractivity contribution >= 4 is 5.97 Å². The third kappa shape index (κ3) is 1.56. The van der Waals surface area contributed by atoms with Gasteiger partial charge in [0.15, 0.2) is 0 Å². The average Bonchev–Trinajstić information content (AvgIpc) is 2.52. The molecule has 1 saturated carbocycles. The van der Waals surface area contributed by atoms with Gasteiger partial charge in [0, 0.05) is 5.92 Å². The predicted octanol–water partition coefficient (Wildman–Crippen LogP) is 3.32. The van der Waals surface area contributed by atoms with Gasteiger partial charge in [0.25, 0.3) is 0 Å². The minimum absolute atomic E-state index is 0.00625. The fourth-order valence-electron chi connectivity index (χ4n) is 4.17. The van der Waals surface area contributed by atoms with E-state index in [4.69, 9.17) is 4.74 Å². The van der Waals surface area contributed by atoms with E-state index in [9.17, 15) is 4.79 Å². The zero-order valence-corrected chi connectivity index (χ0v) is 11.0. The van der Waals surface area contributed by atoms with Crippen LogP contribution in [0.4, 0.5) is 0 Å². The molecule has 0 spiro atoms. The number of hydrogen-bond donors (Lipinski definition) is 0. The number of allylic oxidation sites excluding steroid dienone is 1. The van der Waals surface area contributed by atoms with Gasteiger partial charge in [-0.05, 0) is 30.6 Å². The number of ether oxygens (including phenoxy) is 1. The van der Waals surface area contributed by atoms with Gasteiger partial charge in [-0.25, -0.2) is 0 Å². The number of fused-ring (bicyclic) bond motifs is 2. The van der Waals surface area contributed by atoms with Crippen molar-refractivity contribution in [2.75, 3.05) is 0 Å². The average molecular weight is 234 g/mol. The Labute approximate surface area is 103 Å². The van der Waals surface area contributed by atoms with Crippen LogP contribution in [0.1, 0.15) is 46.5 Å². The van der Waals surface area contributed by atoms with Crippen LogP contribution < -0.4 is 0 Å². The third-order valence-corrected chi connectivity index (χ3v) is 5.26. The highest BCUT2D eigenvalue weighted by Crippen LogP contribution is 2.53. The van der Waals surface area contributed by atoms with E-state index in [1.54, 1.807) is 5.57 Å². The quantitative estimate of drug-likeness (QED) is 0.475. The van der Waals surface area contributed by atoms with Gasteiger partial charge >= 0.3 is 5.97 Å². The summed E-state index contributed by atoms with van der Waals surface area (Å²) in [4.78, 5) is 11.7. The van der Waals surface area contributed by atoms with Crippen LogP contribution in [0.15, 0.2) is 11.6 Å². The van der Waals surface area contributed by atoms with Crippen LogP contribution in [0.3, 0.4) is 0 Å². The third-order valence-electron chi connectivity index (χ3n) is 5.26. The van der Waals surface area contributed by atoms with Gasteiger partial charge in [-0.3, -0.25) is 4.79 Å². The summed E-state index contributed by atoms with van der Waals surface area (Å²) in [5.41, 5.74) is 1.90. The van der Waals surface area contributed by atoms with Crippen molar-refractivity contribution in [1.82, 2.24) is 0 Å². The molecule has 0 unspecified atom stereocenters. The molecule has 5 atom stereocenters. The Hall–Kier alpha value is -0.790. The van der Waals surface area contributed by atoms with E-state index >= 15 is 0 Å². The van der Waals surface area contributed by atoms with E-state index in [1.165, 1.54) is 19.3 Å². The number of esters is 1. The maximum atomic E-state index is 11.7. The van der Waals surface area contributed by atoms with Crippen LogP contribution >= 0.6 is 0 Å². The second-order valence-corrected chi connectivity index (χ2v) is 6.52. The lowest BCUT2D eigenvalue weighted by Crippen LogP contribution is -2.38. The van der Waals surface area contributed by atoms with Crippen LogP contribution in [-0.2, 0) is 9.53 Å². The van der Waals surface area contributed by atoms with Crippen molar-refractivity contribution < 1.29 is 9.53 Å². The molecule has 3 aliphatic rings. The predicted molar refractivity (Wildman–Crippen MR) is 66.4 cm³/mol. The lowest BCUT2D eigenvalue weighted by Gasteiger charge is -2.45. The molecule has 94 valence electrons. The zero-order valence-electron chi connectivity index (χ0n) is 11.0. The number of carbonyl (C=O) groups is 1. The van der Waals surface area contributed by atoms with Gasteiger partial charge in [-0.15, -0.1) is 0 Å². The Morgan fingerprint density at radius 3 is 2.94 bits per heavy atom. The minimum atomic E-state index is 0.00625. The molecule has 1 saturated heterocycles. The van der Waals surface area contributed by atoms with Gasteiger partial charge in [-0.1, -0.05) is 38.8 Å². The highest BCUT2D eigenvalue weighted by molar-refractivity contribution is 5.75. The largest absolute Gasteiger partial charge is 0.461 e.